The van der Waals surface area contributed by atoms with Crippen molar-refractivity contribution >= 4 is 11.6 Å². The van der Waals surface area contributed by atoms with Gasteiger partial charge in [0.25, 0.3) is 0 Å². The molecule has 1 rings (SSSR count). The molecule has 0 spiro atoms. The monoisotopic (exact) mass is 307 g/mol. The van der Waals surface area contributed by atoms with E-state index in [1.54, 1.807) is 0 Å². The summed E-state index contributed by atoms with van der Waals surface area (Å²) in [6.07, 6.45) is -3.69. The summed E-state index contributed by atoms with van der Waals surface area (Å²) < 4.78 is 43.5. The maximum atomic E-state index is 12.9. The maximum Gasteiger partial charge on any atom is 0.416 e. The van der Waals surface area contributed by atoms with Crippen LogP contribution in [-0.4, -0.2) is 43.0 Å². The van der Waals surface area contributed by atoms with Crippen LogP contribution >= 0.6 is 0 Å². The number of hydrogen-bond donors (Lipinski definition) is 3. The van der Waals surface area contributed by atoms with Crippen LogP contribution < -0.4 is 10.6 Å². The normalized spacial score (nSPS) is 13.0. The molecule has 21 heavy (non-hydrogen) atoms. The molecule has 120 valence electrons. The lowest BCUT2D eigenvalue weighted by Gasteiger charge is -2.18. The van der Waals surface area contributed by atoms with Crippen molar-refractivity contribution in [3.05, 3.63) is 17.7 Å². The van der Waals surface area contributed by atoms with Gasteiger partial charge in [-0.05, 0) is 18.6 Å². The number of rotatable bonds is 8. The number of pyridine rings is 1. The van der Waals surface area contributed by atoms with Crippen LogP contribution in [0.3, 0.4) is 0 Å². The number of aliphatic hydroxyl groups excluding tert-OH is 1. The van der Waals surface area contributed by atoms with Crippen molar-refractivity contribution in [2.24, 2.45) is 0 Å². The van der Waals surface area contributed by atoms with E-state index in [9.17, 15) is 13.2 Å². The molecular formula is C13H20F3N3O2. The number of nitrogens with one attached hydrogen (secondary N) is 2. The first-order valence-corrected chi connectivity index (χ1v) is 6.60. The van der Waals surface area contributed by atoms with Gasteiger partial charge in [0.2, 0.25) is 0 Å². The van der Waals surface area contributed by atoms with Gasteiger partial charge >= 0.3 is 6.18 Å². The first-order chi connectivity index (χ1) is 9.90. The molecule has 0 aromatic carbocycles. The number of nitrogens with zero attached hydrogens (tertiary/aromatic N) is 1. The lowest BCUT2D eigenvalue weighted by Crippen LogP contribution is -2.29. The second-order valence-corrected chi connectivity index (χ2v) is 4.53. The zero-order chi connectivity index (χ0) is 15.9. The van der Waals surface area contributed by atoms with Gasteiger partial charge in [0.1, 0.15) is 11.6 Å². The second kappa shape index (κ2) is 8.04. The van der Waals surface area contributed by atoms with Gasteiger partial charge in [-0.2, -0.15) is 13.2 Å². The van der Waals surface area contributed by atoms with E-state index in [0.29, 0.717) is 6.54 Å². The molecule has 0 saturated carbocycles. The summed E-state index contributed by atoms with van der Waals surface area (Å²) in [7, 11) is 1.44. The van der Waals surface area contributed by atoms with Crippen molar-refractivity contribution in [2.45, 2.75) is 25.6 Å². The van der Waals surface area contributed by atoms with E-state index in [1.165, 1.54) is 7.11 Å². The minimum atomic E-state index is -4.46. The lowest BCUT2D eigenvalue weighted by atomic mass is 10.2. The van der Waals surface area contributed by atoms with Crippen molar-refractivity contribution < 1.29 is 23.0 Å². The van der Waals surface area contributed by atoms with E-state index in [2.05, 4.69) is 15.6 Å². The van der Waals surface area contributed by atoms with Gasteiger partial charge in [-0.3, -0.25) is 0 Å². The predicted molar refractivity (Wildman–Crippen MR) is 74.4 cm³/mol. The van der Waals surface area contributed by atoms with E-state index in [1.807, 2.05) is 6.92 Å². The van der Waals surface area contributed by atoms with E-state index in [0.717, 1.165) is 18.6 Å². The molecule has 1 unspecified atom stereocenters. The fourth-order valence-electron chi connectivity index (χ4n) is 1.66. The molecule has 0 fully saturated rings. The molecule has 0 amide bonds. The Morgan fingerprint density at radius 3 is 2.52 bits per heavy atom. The number of alkyl halides is 3. The number of methoxy groups -OCH3 is 1. The summed E-state index contributed by atoms with van der Waals surface area (Å²) in [5, 5.41) is 14.7. The molecule has 0 aliphatic heterocycles. The van der Waals surface area contributed by atoms with Crippen LogP contribution in [0.5, 0.6) is 0 Å². The van der Waals surface area contributed by atoms with Crippen LogP contribution in [0.15, 0.2) is 12.1 Å². The lowest BCUT2D eigenvalue weighted by molar-refractivity contribution is -0.137. The summed E-state index contributed by atoms with van der Waals surface area (Å²) in [6.45, 7) is 2.31. The summed E-state index contributed by atoms with van der Waals surface area (Å²) in [4.78, 5) is 4.07. The molecule has 5 nitrogen and oxygen atoms in total. The van der Waals surface area contributed by atoms with Crippen molar-refractivity contribution in [2.75, 3.05) is 37.5 Å². The van der Waals surface area contributed by atoms with Crippen molar-refractivity contribution in [1.29, 1.82) is 0 Å². The highest BCUT2D eigenvalue weighted by Crippen LogP contribution is 2.32. The predicted octanol–water partition coefficient (Wildman–Crippen LogP) is 2.34. The van der Waals surface area contributed by atoms with Gasteiger partial charge in [-0.15, -0.1) is 0 Å². The van der Waals surface area contributed by atoms with Gasteiger partial charge < -0.3 is 20.5 Å². The molecule has 0 saturated heterocycles. The molecule has 0 aliphatic rings. The summed E-state index contributed by atoms with van der Waals surface area (Å²) in [5.41, 5.74) is -0.798. The molecule has 1 aromatic heterocycles. The Bertz CT molecular complexity index is 441. The van der Waals surface area contributed by atoms with Gasteiger partial charge in [-0.25, -0.2) is 4.98 Å². The first-order valence-electron chi connectivity index (χ1n) is 6.60. The SMILES string of the molecule is CCCNc1cc(C(F)(F)F)cc(NC(CO)COC)n1. The highest BCUT2D eigenvalue weighted by atomic mass is 19.4. The fourth-order valence-corrected chi connectivity index (χ4v) is 1.66. The Labute approximate surface area is 121 Å². The highest BCUT2D eigenvalue weighted by Gasteiger charge is 2.31. The maximum absolute atomic E-state index is 12.9. The standard InChI is InChI=1S/C13H20F3N3O2/c1-3-4-17-11-5-9(13(14,15)16)6-12(19-11)18-10(7-20)8-21-2/h5-6,10,20H,3-4,7-8H2,1-2H3,(H2,17,18,19). The van der Waals surface area contributed by atoms with Crippen molar-refractivity contribution in [1.82, 2.24) is 4.98 Å². The minimum absolute atomic E-state index is 0.0412. The number of hydrogen-bond acceptors (Lipinski definition) is 5. The van der Waals surface area contributed by atoms with Crippen LogP contribution in [0.4, 0.5) is 24.8 Å². The molecule has 0 bridgehead atoms. The summed E-state index contributed by atoms with van der Waals surface area (Å²) in [5.74, 6) is 0.183. The largest absolute Gasteiger partial charge is 0.416 e. The van der Waals surface area contributed by atoms with Crippen molar-refractivity contribution in [3.63, 3.8) is 0 Å². The average molecular weight is 307 g/mol. The second-order valence-electron chi connectivity index (χ2n) is 4.53. The Kier molecular flexibility index (Phi) is 6.70. The zero-order valence-electron chi connectivity index (χ0n) is 12.0. The van der Waals surface area contributed by atoms with Crippen LogP contribution in [-0.2, 0) is 10.9 Å². The molecule has 8 heteroatoms. The minimum Gasteiger partial charge on any atom is -0.394 e. The third kappa shape index (κ3) is 5.76. The number of ether oxygens (including phenoxy) is 1. The smallest absolute Gasteiger partial charge is 0.394 e. The Balaban J connectivity index is 3.00. The third-order valence-corrected chi connectivity index (χ3v) is 2.65. The van der Waals surface area contributed by atoms with Gasteiger partial charge in [0.05, 0.1) is 24.8 Å². The quantitative estimate of drug-likeness (QED) is 0.688. The molecule has 1 aromatic rings. The Morgan fingerprint density at radius 2 is 2.00 bits per heavy atom. The van der Waals surface area contributed by atoms with Crippen LogP contribution in [0.25, 0.3) is 0 Å². The molecule has 0 radical (unpaired) electrons. The van der Waals surface area contributed by atoms with Crippen molar-refractivity contribution in [3.8, 4) is 0 Å². The number of anilines is 2. The molecule has 3 N–H and O–H groups in total. The molecular weight excluding hydrogens is 287 g/mol. The topological polar surface area (TPSA) is 66.4 Å². The number of aliphatic hydroxyl groups is 1. The number of halogens is 3. The van der Waals surface area contributed by atoms with E-state index >= 15 is 0 Å². The van der Waals surface area contributed by atoms with E-state index in [-0.39, 0.29) is 24.8 Å². The fraction of sp³-hybridized carbons (Fsp3) is 0.615. The van der Waals surface area contributed by atoms with Crippen LogP contribution in [0.2, 0.25) is 0 Å². The van der Waals surface area contributed by atoms with E-state index < -0.39 is 17.8 Å². The van der Waals surface area contributed by atoms with Crippen LogP contribution in [0.1, 0.15) is 18.9 Å². The Hall–Kier alpha value is -1.54. The number of aromatic nitrogens is 1. The van der Waals surface area contributed by atoms with E-state index in [4.69, 9.17) is 9.84 Å². The van der Waals surface area contributed by atoms with Crippen LogP contribution in [0, 0.1) is 0 Å². The van der Waals surface area contributed by atoms with Gasteiger partial charge in [0.15, 0.2) is 0 Å². The Morgan fingerprint density at radius 1 is 1.33 bits per heavy atom. The molecule has 0 aliphatic carbocycles. The summed E-state index contributed by atoms with van der Waals surface area (Å²) >= 11 is 0. The molecule has 1 atom stereocenters. The highest BCUT2D eigenvalue weighted by molar-refractivity contribution is 5.50. The molecule has 1 heterocycles. The summed E-state index contributed by atoms with van der Waals surface area (Å²) in [6, 6.07) is 1.35. The average Bonchev–Trinajstić information content (AvgIpc) is 2.43. The zero-order valence-corrected chi connectivity index (χ0v) is 12.0. The van der Waals surface area contributed by atoms with Gasteiger partial charge in [-0.1, -0.05) is 6.92 Å². The first kappa shape index (κ1) is 17.5. The van der Waals surface area contributed by atoms with Gasteiger partial charge in [0, 0.05) is 13.7 Å². The third-order valence-electron chi connectivity index (χ3n) is 2.65.